The first-order valence-electron chi connectivity index (χ1n) is 4.63. The summed E-state index contributed by atoms with van der Waals surface area (Å²) in [5.74, 6) is 0.974. The van der Waals surface area contributed by atoms with E-state index in [4.69, 9.17) is 15.7 Å². The molecule has 2 rings (SSSR count). The first kappa shape index (κ1) is 10.1. The van der Waals surface area contributed by atoms with Crippen LogP contribution in [0.1, 0.15) is 5.82 Å². The van der Waals surface area contributed by atoms with E-state index in [1.54, 1.807) is 42.3 Å². The minimum absolute atomic E-state index is 0.292. The lowest BCUT2D eigenvalue weighted by atomic mass is 10.2. The molecule has 0 radical (unpaired) electrons. The number of nitriles is 1. The molecule has 0 fully saturated rings. The van der Waals surface area contributed by atoms with Gasteiger partial charge < -0.3 is 10.5 Å². The molecule has 0 aliphatic heterocycles. The Balaban J connectivity index is 2.60. The summed E-state index contributed by atoms with van der Waals surface area (Å²) in [6.07, 6.45) is 3.24. The lowest BCUT2D eigenvalue weighted by molar-refractivity contribution is 0.414. The SMILES string of the molecule is COc1ccc(N)c(-n2ccnc2C#N)c1. The number of anilines is 1. The number of nitrogens with zero attached hydrogens (tertiary/aromatic N) is 3. The number of nitrogens with two attached hydrogens (primary N) is 1. The molecule has 1 aromatic heterocycles. The van der Waals surface area contributed by atoms with Gasteiger partial charge in [0.05, 0.1) is 18.5 Å². The fourth-order valence-corrected chi connectivity index (χ4v) is 1.44. The maximum Gasteiger partial charge on any atom is 0.217 e. The van der Waals surface area contributed by atoms with Crippen LogP contribution in [0, 0.1) is 11.3 Å². The van der Waals surface area contributed by atoms with Gasteiger partial charge in [-0.25, -0.2) is 4.98 Å². The summed E-state index contributed by atoms with van der Waals surface area (Å²) >= 11 is 0. The average Bonchev–Trinajstić information content (AvgIpc) is 2.77. The summed E-state index contributed by atoms with van der Waals surface area (Å²) in [5.41, 5.74) is 7.10. The van der Waals surface area contributed by atoms with Crippen molar-refractivity contribution in [1.82, 2.24) is 9.55 Å². The predicted octanol–water partition coefficient (Wildman–Crippen LogP) is 1.33. The highest BCUT2D eigenvalue weighted by atomic mass is 16.5. The maximum atomic E-state index is 8.88. The molecule has 0 aliphatic rings. The Morgan fingerprint density at radius 1 is 1.50 bits per heavy atom. The topological polar surface area (TPSA) is 76.9 Å². The van der Waals surface area contributed by atoms with Crippen LogP contribution in [0.3, 0.4) is 0 Å². The second-order valence-corrected chi connectivity index (χ2v) is 3.16. The minimum atomic E-state index is 0.292. The normalized spacial score (nSPS) is 9.75. The quantitative estimate of drug-likeness (QED) is 0.765. The lowest BCUT2D eigenvalue weighted by Crippen LogP contribution is -2.01. The number of benzene rings is 1. The van der Waals surface area contributed by atoms with Crippen molar-refractivity contribution in [3.63, 3.8) is 0 Å². The summed E-state index contributed by atoms with van der Waals surface area (Å²) in [5, 5.41) is 8.88. The van der Waals surface area contributed by atoms with Gasteiger partial charge in [-0.15, -0.1) is 0 Å². The zero-order chi connectivity index (χ0) is 11.5. The molecule has 0 saturated heterocycles. The van der Waals surface area contributed by atoms with Gasteiger partial charge in [0.1, 0.15) is 11.8 Å². The van der Waals surface area contributed by atoms with Crippen LogP contribution >= 0.6 is 0 Å². The van der Waals surface area contributed by atoms with Crippen molar-refractivity contribution in [2.75, 3.05) is 12.8 Å². The Morgan fingerprint density at radius 3 is 3.00 bits per heavy atom. The molecule has 16 heavy (non-hydrogen) atoms. The predicted molar refractivity (Wildman–Crippen MR) is 59.2 cm³/mol. The van der Waals surface area contributed by atoms with Gasteiger partial charge >= 0.3 is 0 Å². The van der Waals surface area contributed by atoms with E-state index in [0.717, 1.165) is 0 Å². The fourth-order valence-electron chi connectivity index (χ4n) is 1.44. The monoisotopic (exact) mass is 214 g/mol. The maximum absolute atomic E-state index is 8.88. The number of ether oxygens (including phenoxy) is 1. The Labute approximate surface area is 92.7 Å². The second-order valence-electron chi connectivity index (χ2n) is 3.16. The van der Waals surface area contributed by atoms with E-state index in [2.05, 4.69) is 4.98 Å². The summed E-state index contributed by atoms with van der Waals surface area (Å²) in [7, 11) is 1.58. The van der Waals surface area contributed by atoms with Crippen molar-refractivity contribution in [1.29, 1.82) is 5.26 Å². The second kappa shape index (κ2) is 3.95. The van der Waals surface area contributed by atoms with E-state index in [1.807, 2.05) is 6.07 Å². The molecular formula is C11H10N4O. The minimum Gasteiger partial charge on any atom is -0.497 e. The third-order valence-corrected chi connectivity index (χ3v) is 2.24. The van der Waals surface area contributed by atoms with Crippen molar-refractivity contribution in [2.45, 2.75) is 0 Å². The first-order valence-corrected chi connectivity index (χ1v) is 4.63. The van der Waals surface area contributed by atoms with Gasteiger partial charge in [0, 0.05) is 18.5 Å². The molecule has 2 N–H and O–H groups in total. The van der Waals surface area contributed by atoms with Gasteiger partial charge in [-0.2, -0.15) is 5.26 Å². The van der Waals surface area contributed by atoms with Crippen molar-refractivity contribution in [3.05, 3.63) is 36.4 Å². The standard InChI is InChI=1S/C11H10N4O/c1-16-8-2-3-9(13)10(6-8)15-5-4-14-11(15)7-12/h2-6H,13H2,1H3. The van der Waals surface area contributed by atoms with E-state index in [-0.39, 0.29) is 0 Å². The van der Waals surface area contributed by atoms with Gasteiger partial charge in [-0.05, 0) is 12.1 Å². The number of hydrogen-bond donors (Lipinski definition) is 1. The van der Waals surface area contributed by atoms with Crippen molar-refractivity contribution in [2.24, 2.45) is 0 Å². The van der Waals surface area contributed by atoms with E-state index < -0.39 is 0 Å². The summed E-state index contributed by atoms with van der Waals surface area (Å²) in [4.78, 5) is 3.91. The molecule has 80 valence electrons. The first-order chi connectivity index (χ1) is 7.76. The highest BCUT2D eigenvalue weighted by Crippen LogP contribution is 2.23. The zero-order valence-corrected chi connectivity index (χ0v) is 8.71. The molecule has 0 amide bonds. The third kappa shape index (κ3) is 1.57. The Hall–Kier alpha value is -2.48. The molecule has 5 heteroatoms. The molecular weight excluding hydrogens is 204 g/mol. The van der Waals surface area contributed by atoms with Gasteiger partial charge in [-0.1, -0.05) is 0 Å². The Kier molecular flexibility index (Phi) is 2.48. The van der Waals surface area contributed by atoms with Crippen molar-refractivity contribution in [3.8, 4) is 17.5 Å². The van der Waals surface area contributed by atoms with E-state index in [0.29, 0.717) is 22.9 Å². The van der Waals surface area contributed by atoms with Gasteiger partial charge in [0.2, 0.25) is 5.82 Å². The molecule has 1 aromatic carbocycles. The van der Waals surface area contributed by atoms with Crippen LogP contribution in [0.4, 0.5) is 5.69 Å². The van der Waals surface area contributed by atoms with E-state index in [1.165, 1.54) is 0 Å². The summed E-state index contributed by atoms with van der Waals surface area (Å²) in [6.45, 7) is 0. The molecule has 0 saturated carbocycles. The molecule has 0 spiro atoms. The smallest absolute Gasteiger partial charge is 0.217 e. The molecule has 2 aromatic rings. The van der Waals surface area contributed by atoms with Crippen molar-refractivity contribution >= 4 is 5.69 Å². The summed E-state index contributed by atoms with van der Waals surface area (Å²) < 4.78 is 6.73. The highest BCUT2D eigenvalue weighted by molar-refractivity contribution is 5.61. The number of aromatic nitrogens is 2. The molecule has 0 bridgehead atoms. The number of nitrogen functional groups attached to an aromatic ring is 1. The van der Waals surface area contributed by atoms with Crippen LogP contribution in [0.2, 0.25) is 0 Å². The number of methoxy groups -OCH3 is 1. The summed E-state index contributed by atoms with van der Waals surface area (Å²) in [6, 6.07) is 7.25. The molecule has 5 nitrogen and oxygen atoms in total. The van der Waals surface area contributed by atoms with Crippen LogP contribution in [0.5, 0.6) is 5.75 Å². The molecule has 1 heterocycles. The van der Waals surface area contributed by atoms with Crippen LogP contribution in [-0.2, 0) is 0 Å². The zero-order valence-electron chi connectivity index (χ0n) is 8.71. The van der Waals surface area contributed by atoms with Crippen LogP contribution in [0.15, 0.2) is 30.6 Å². The van der Waals surface area contributed by atoms with E-state index >= 15 is 0 Å². The highest BCUT2D eigenvalue weighted by Gasteiger charge is 2.08. The lowest BCUT2D eigenvalue weighted by Gasteiger charge is -2.09. The number of hydrogen-bond acceptors (Lipinski definition) is 4. The average molecular weight is 214 g/mol. The number of imidazole rings is 1. The number of rotatable bonds is 2. The molecule has 0 aliphatic carbocycles. The Morgan fingerprint density at radius 2 is 2.31 bits per heavy atom. The largest absolute Gasteiger partial charge is 0.497 e. The van der Waals surface area contributed by atoms with Gasteiger partial charge in [0.25, 0.3) is 0 Å². The van der Waals surface area contributed by atoms with Gasteiger partial charge in [0.15, 0.2) is 0 Å². The third-order valence-electron chi connectivity index (χ3n) is 2.24. The van der Waals surface area contributed by atoms with Crippen LogP contribution in [-0.4, -0.2) is 16.7 Å². The fraction of sp³-hybridized carbons (Fsp3) is 0.0909. The van der Waals surface area contributed by atoms with Crippen LogP contribution < -0.4 is 10.5 Å². The van der Waals surface area contributed by atoms with Crippen molar-refractivity contribution < 1.29 is 4.74 Å². The van der Waals surface area contributed by atoms with Crippen LogP contribution in [0.25, 0.3) is 5.69 Å². The molecule has 0 unspecified atom stereocenters. The van der Waals surface area contributed by atoms with E-state index in [9.17, 15) is 0 Å². The van der Waals surface area contributed by atoms with Gasteiger partial charge in [-0.3, -0.25) is 4.57 Å². The Bertz CT molecular complexity index is 553. The molecule has 0 atom stereocenters.